The molecule has 0 radical (unpaired) electrons. The van der Waals surface area contributed by atoms with Crippen molar-refractivity contribution in [2.75, 3.05) is 19.7 Å². The van der Waals surface area contributed by atoms with Gasteiger partial charge >= 0.3 is 0 Å². The highest BCUT2D eigenvalue weighted by Crippen LogP contribution is 2.27. The Labute approximate surface area is 180 Å². The summed E-state index contributed by atoms with van der Waals surface area (Å²) < 4.78 is 31.8. The number of ether oxygens (including phenoxy) is 1. The molecule has 2 aromatic carbocycles. The number of hydrogen-bond donors (Lipinski definition) is 1. The van der Waals surface area contributed by atoms with Crippen molar-refractivity contribution in [1.29, 1.82) is 0 Å². The van der Waals surface area contributed by atoms with Gasteiger partial charge in [0, 0.05) is 43.6 Å². The first-order chi connectivity index (χ1) is 15.1. The van der Waals surface area contributed by atoms with Gasteiger partial charge in [0.15, 0.2) is 0 Å². The van der Waals surface area contributed by atoms with Gasteiger partial charge in [0.25, 0.3) is 0 Å². The fraction of sp³-hybridized carbons (Fsp3) is 0.333. The number of halogens is 2. The van der Waals surface area contributed by atoms with E-state index in [1.54, 1.807) is 24.3 Å². The number of carbonyl (C=O) groups excluding carboxylic acids is 1. The number of nitrogens with one attached hydrogen (secondary N) is 1. The van der Waals surface area contributed by atoms with Gasteiger partial charge in [0.2, 0.25) is 5.91 Å². The summed E-state index contributed by atoms with van der Waals surface area (Å²) in [4.78, 5) is 14.4. The lowest BCUT2D eigenvalue weighted by Gasteiger charge is -2.16. The average Bonchev–Trinajstić information content (AvgIpc) is 3.43. The fourth-order valence-electron chi connectivity index (χ4n) is 3.84. The molecule has 1 saturated heterocycles. The zero-order chi connectivity index (χ0) is 21.6. The number of aryl methyl sites for hydroxylation is 1. The number of rotatable bonds is 8. The van der Waals surface area contributed by atoms with Crippen LogP contribution < -0.4 is 4.74 Å². The Kier molecular flexibility index (Phi) is 6.60. The Morgan fingerprint density at radius 1 is 1.10 bits per heavy atom. The Morgan fingerprint density at radius 2 is 1.94 bits per heavy atom. The normalized spacial score (nSPS) is 15.9. The van der Waals surface area contributed by atoms with Gasteiger partial charge < -0.3 is 9.64 Å². The molecule has 1 amide bonds. The summed E-state index contributed by atoms with van der Waals surface area (Å²) in [6.07, 6.45) is 2.54. The zero-order valence-electron chi connectivity index (χ0n) is 17.2. The molecule has 1 aliphatic rings. The number of nitrogens with zero attached hydrogens (tertiary/aromatic N) is 2. The van der Waals surface area contributed by atoms with Gasteiger partial charge in [-0.1, -0.05) is 18.2 Å². The lowest BCUT2D eigenvalue weighted by Crippen LogP contribution is -2.28. The lowest BCUT2D eigenvalue weighted by atomic mass is 10.0. The maximum atomic E-state index is 13.2. The molecule has 1 aliphatic heterocycles. The molecule has 162 valence electrons. The quantitative estimate of drug-likeness (QED) is 0.587. The Morgan fingerprint density at radius 3 is 2.74 bits per heavy atom. The number of aromatic nitrogens is 2. The van der Waals surface area contributed by atoms with Gasteiger partial charge in [0.05, 0.1) is 12.3 Å². The molecule has 1 aromatic heterocycles. The van der Waals surface area contributed by atoms with E-state index in [-0.39, 0.29) is 23.5 Å². The first-order valence-corrected chi connectivity index (χ1v) is 10.5. The second-order valence-corrected chi connectivity index (χ2v) is 7.83. The molecular weight excluding hydrogens is 400 g/mol. The van der Waals surface area contributed by atoms with Crippen molar-refractivity contribution in [3.63, 3.8) is 0 Å². The van der Waals surface area contributed by atoms with Crippen molar-refractivity contribution in [1.82, 2.24) is 15.1 Å². The first-order valence-electron chi connectivity index (χ1n) is 10.5. The largest absolute Gasteiger partial charge is 0.493 e. The Balaban J connectivity index is 1.23. The number of likely N-dealkylation sites (tertiary alicyclic amines) is 1. The molecule has 7 heteroatoms. The molecule has 1 fully saturated rings. The van der Waals surface area contributed by atoms with E-state index in [0.29, 0.717) is 38.2 Å². The minimum absolute atomic E-state index is 0.117. The van der Waals surface area contributed by atoms with Crippen LogP contribution in [0.25, 0.3) is 0 Å². The molecule has 0 saturated carbocycles. The van der Waals surface area contributed by atoms with E-state index in [9.17, 15) is 13.6 Å². The monoisotopic (exact) mass is 425 g/mol. The molecule has 0 aliphatic carbocycles. The van der Waals surface area contributed by atoms with E-state index in [0.717, 1.165) is 29.9 Å². The highest BCUT2D eigenvalue weighted by atomic mass is 19.1. The van der Waals surface area contributed by atoms with Gasteiger partial charge in [-0.2, -0.15) is 5.10 Å². The Hall–Kier alpha value is -3.22. The minimum Gasteiger partial charge on any atom is -0.493 e. The third-order valence-electron chi connectivity index (χ3n) is 5.59. The van der Waals surface area contributed by atoms with Gasteiger partial charge in [-0.15, -0.1) is 0 Å². The van der Waals surface area contributed by atoms with Crippen LogP contribution in [0.15, 0.2) is 54.6 Å². The van der Waals surface area contributed by atoms with Crippen LogP contribution in [0.5, 0.6) is 5.75 Å². The molecule has 3 aromatic rings. The molecule has 31 heavy (non-hydrogen) atoms. The van der Waals surface area contributed by atoms with E-state index in [4.69, 9.17) is 4.74 Å². The van der Waals surface area contributed by atoms with Crippen molar-refractivity contribution in [2.45, 2.75) is 31.6 Å². The van der Waals surface area contributed by atoms with E-state index in [2.05, 4.69) is 10.2 Å². The third-order valence-corrected chi connectivity index (χ3v) is 5.59. The summed E-state index contributed by atoms with van der Waals surface area (Å²) >= 11 is 0. The topological polar surface area (TPSA) is 58.2 Å². The number of hydrogen-bond acceptors (Lipinski definition) is 3. The van der Waals surface area contributed by atoms with Crippen LogP contribution in [-0.2, 0) is 17.6 Å². The van der Waals surface area contributed by atoms with Crippen molar-refractivity contribution < 1.29 is 18.3 Å². The van der Waals surface area contributed by atoms with Crippen molar-refractivity contribution in [2.24, 2.45) is 0 Å². The molecule has 1 N–H and O–H groups in total. The second kappa shape index (κ2) is 9.73. The van der Waals surface area contributed by atoms with Gasteiger partial charge in [-0.25, -0.2) is 8.78 Å². The average molecular weight is 425 g/mol. The standard InChI is InChI=1S/C24H25F2N3O2/c25-19-7-4-17(5-8-19)6-9-24(30)29-12-10-18(16-29)23-15-21(27-28-23)11-13-31-22-3-1-2-20(26)14-22/h1-5,7-8,14-15,18H,6,9-13,16H2,(H,27,28)/t18-/m1/s1. The van der Waals surface area contributed by atoms with E-state index in [1.165, 1.54) is 24.3 Å². The van der Waals surface area contributed by atoms with Crippen molar-refractivity contribution >= 4 is 5.91 Å². The van der Waals surface area contributed by atoms with Crippen LogP contribution in [0.4, 0.5) is 8.78 Å². The molecule has 0 bridgehead atoms. The summed E-state index contributed by atoms with van der Waals surface area (Å²) in [5.41, 5.74) is 2.87. The zero-order valence-corrected chi connectivity index (χ0v) is 17.2. The predicted molar refractivity (Wildman–Crippen MR) is 113 cm³/mol. The smallest absolute Gasteiger partial charge is 0.222 e. The number of aromatic amines is 1. The fourth-order valence-corrected chi connectivity index (χ4v) is 3.84. The molecule has 1 atom stereocenters. The van der Waals surface area contributed by atoms with Crippen LogP contribution in [0.2, 0.25) is 0 Å². The van der Waals surface area contributed by atoms with Crippen molar-refractivity contribution in [3.8, 4) is 5.75 Å². The summed E-state index contributed by atoms with van der Waals surface area (Å²) in [6, 6.07) is 14.4. The summed E-state index contributed by atoms with van der Waals surface area (Å²) in [6.45, 7) is 1.80. The van der Waals surface area contributed by atoms with E-state index in [1.807, 2.05) is 11.0 Å². The van der Waals surface area contributed by atoms with Gasteiger partial charge in [0.1, 0.15) is 17.4 Å². The molecular formula is C24H25F2N3O2. The summed E-state index contributed by atoms with van der Waals surface area (Å²) in [5.74, 6) is 0.246. The third kappa shape index (κ3) is 5.69. The molecule has 2 heterocycles. The minimum atomic E-state index is -0.320. The van der Waals surface area contributed by atoms with Gasteiger partial charge in [-0.05, 0) is 48.7 Å². The first kappa shape index (κ1) is 21.0. The van der Waals surface area contributed by atoms with Crippen LogP contribution in [0, 0.1) is 11.6 Å². The summed E-state index contributed by atoms with van der Waals surface area (Å²) in [7, 11) is 0. The SMILES string of the molecule is O=C(CCc1ccc(F)cc1)N1CC[C@@H](c2cc(CCOc3cccc(F)c3)[nH]n2)C1. The maximum Gasteiger partial charge on any atom is 0.222 e. The maximum absolute atomic E-state index is 13.2. The number of benzene rings is 2. The van der Waals surface area contributed by atoms with Gasteiger partial charge in [-0.3, -0.25) is 9.89 Å². The predicted octanol–water partition coefficient (Wildman–Crippen LogP) is 4.26. The number of carbonyl (C=O) groups is 1. The number of amides is 1. The molecule has 0 spiro atoms. The van der Waals surface area contributed by atoms with Crippen molar-refractivity contribution in [3.05, 3.63) is 83.2 Å². The van der Waals surface area contributed by atoms with E-state index >= 15 is 0 Å². The van der Waals surface area contributed by atoms with Crippen LogP contribution in [-0.4, -0.2) is 40.7 Å². The highest BCUT2D eigenvalue weighted by Gasteiger charge is 2.28. The molecule has 0 unspecified atom stereocenters. The second-order valence-electron chi connectivity index (χ2n) is 7.83. The summed E-state index contributed by atoms with van der Waals surface area (Å²) in [5, 5.41) is 7.46. The lowest BCUT2D eigenvalue weighted by molar-refractivity contribution is -0.130. The Bertz CT molecular complexity index is 1020. The molecule has 4 rings (SSSR count). The van der Waals surface area contributed by atoms with Crippen LogP contribution in [0.1, 0.15) is 35.7 Å². The van der Waals surface area contributed by atoms with E-state index < -0.39 is 0 Å². The van der Waals surface area contributed by atoms with Crippen LogP contribution in [0.3, 0.4) is 0 Å². The highest BCUT2D eigenvalue weighted by molar-refractivity contribution is 5.76. The molecule has 5 nitrogen and oxygen atoms in total. The number of H-pyrrole nitrogens is 1. The van der Waals surface area contributed by atoms with Crippen LogP contribution >= 0.6 is 0 Å².